The van der Waals surface area contributed by atoms with Crippen LogP contribution in [0.5, 0.6) is 0 Å². The van der Waals surface area contributed by atoms with E-state index in [0.717, 1.165) is 19.4 Å². The fourth-order valence-electron chi connectivity index (χ4n) is 2.15. The molecule has 18 heavy (non-hydrogen) atoms. The third-order valence-corrected chi connectivity index (χ3v) is 5.47. The Balaban J connectivity index is 2.92. The number of nitrogens with one attached hydrogen (secondary N) is 1. The van der Waals surface area contributed by atoms with Gasteiger partial charge in [0.25, 0.3) is 0 Å². The summed E-state index contributed by atoms with van der Waals surface area (Å²) >= 11 is 0. The SMILES string of the molecule is CCCN(C1CCCNC1)S(=O)(=O)C(C)C(=O)O. The summed E-state index contributed by atoms with van der Waals surface area (Å²) in [6.07, 6.45) is 2.39. The smallest absolute Gasteiger partial charge is 0.323 e. The van der Waals surface area contributed by atoms with E-state index < -0.39 is 21.2 Å². The number of piperidine rings is 1. The molecule has 1 rings (SSSR count). The predicted octanol–water partition coefficient (Wildman–Crippen LogP) is 0.253. The second-order valence-electron chi connectivity index (χ2n) is 4.64. The standard InChI is InChI=1S/C11H22N2O4S/c1-3-7-13(10-5-4-6-12-8-10)18(16,17)9(2)11(14)15/h9-10,12H,3-8H2,1-2H3,(H,14,15). The van der Waals surface area contributed by atoms with Gasteiger partial charge in [0, 0.05) is 19.1 Å². The van der Waals surface area contributed by atoms with Crippen LogP contribution in [0.4, 0.5) is 0 Å². The first-order valence-corrected chi connectivity index (χ1v) is 7.85. The largest absolute Gasteiger partial charge is 0.480 e. The molecule has 2 unspecified atom stereocenters. The maximum atomic E-state index is 12.3. The fourth-order valence-corrected chi connectivity index (χ4v) is 3.84. The molecule has 0 aromatic carbocycles. The number of hydrogen-bond donors (Lipinski definition) is 2. The molecule has 0 aromatic rings. The summed E-state index contributed by atoms with van der Waals surface area (Å²) in [5, 5.41) is 10.7. The molecule has 0 bridgehead atoms. The fraction of sp³-hybridized carbons (Fsp3) is 0.909. The van der Waals surface area contributed by atoms with Crippen LogP contribution in [-0.2, 0) is 14.8 Å². The average molecular weight is 278 g/mol. The summed E-state index contributed by atoms with van der Waals surface area (Å²) < 4.78 is 25.9. The molecule has 1 aliphatic heterocycles. The Hall–Kier alpha value is -0.660. The van der Waals surface area contributed by atoms with Crippen molar-refractivity contribution in [3.8, 4) is 0 Å². The molecule has 2 N–H and O–H groups in total. The van der Waals surface area contributed by atoms with E-state index >= 15 is 0 Å². The van der Waals surface area contributed by atoms with Crippen LogP contribution in [0.25, 0.3) is 0 Å². The maximum Gasteiger partial charge on any atom is 0.323 e. The first kappa shape index (κ1) is 15.4. The zero-order valence-corrected chi connectivity index (χ0v) is 11.7. The Morgan fingerprint density at radius 2 is 2.22 bits per heavy atom. The zero-order chi connectivity index (χ0) is 13.8. The van der Waals surface area contributed by atoms with Gasteiger partial charge < -0.3 is 10.4 Å². The maximum absolute atomic E-state index is 12.3. The molecule has 6 nitrogen and oxygen atoms in total. The summed E-state index contributed by atoms with van der Waals surface area (Å²) in [5.41, 5.74) is 0. The van der Waals surface area contributed by atoms with Crippen molar-refractivity contribution in [2.75, 3.05) is 19.6 Å². The lowest BCUT2D eigenvalue weighted by molar-refractivity contribution is -0.136. The Morgan fingerprint density at radius 3 is 2.67 bits per heavy atom. The van der Waals surface area contributed by atoms with Crippen LogP contribution < -0.4 is 5.32 Å². The van der Waals surface area contributed by atoms with Gasteiger partial charge >= 0.3 is 5.97 Å². The summed E-state index contributed by atoms with van der Waals surface area (Å²) in [6, 6.07) is -0.120. The van der Waals surface area contributed by atoms with Crippen LogP contribution in [0.3, 0.4) is 0 Å². The van der Waals surface area contributed by atoms with Gasteiger partial charge in [-0.2, -0.15) is 4.31 Å². The molecule has 1 aliphatic rings. The third-order valence-electron chi connectivity index (χ3n) is 3.24. The lowest BCUT2D eigenvalue weighted by Gasteiger charge is -2.34. The molecule has 0 radical (unpaired) electrons. The van der Waals surface area contributed by atoms with Crippen LogP contribution in [0.2, 0.25) is 0 Å². The summed E-state index contributed by atoms with van der Waals surface area (Å²) in [5.74, 6) is -1.29. The van der Waals surface area contributed by atoms with E-state index in [1.165, 1.54) is 11.2 Å². The number of nitrogens with zero attached hydrogens (tertiary/aromatic N) is 1. The van der Waals surface area contributed by atoms with E-state index in [-0.39, 0.29) is 6.04 Å². The quantitative estimate of drug-likeness (QED) is 0.727. The lowest BCUT2D eigenvalue weighted by Crippen LogP contribution is -2.52. The van der Waals surface area contributed by atoms with Crippen LogP contribution in [0.15, 0.2) is 0 Å². The van der Waals surface area contributed by atoms with E-state index in [4.69, 9.17) is 5.11 Å². The molecule has 2 atom stereocenters. The zero-order valence-electron chi connectivity index (χ0n) is 10.9. The summed E-state index contributed by atoms with van der Waals surface area (Å²) in [7, 11) is -3.77. The predicted molar refractivity (Wildman–Crippen MR) is 68.9 cm³/mol. The second-order valence-corrected chi connectivity index (χ2v) is 6.84. The van der Waals surface area contributed by atoms with Crippen molar-refractivity contribution in [2.45, 2.75) is 44.4 Å². The first-order valence-electron chi connectivity index (χ1n) is 6.35. The molecule has 1 saturated heterocycles. The van der Waals surface area contributed by atoms with E-state index in [1.54, 1.807) is 0 Å². The Bertz CT molecular complexity index is 377. The van der Waals surface area contributed by atoms with Crippen LogP contribution in [0.1, 0.15) is 33.1 Å². The van der Waals surface area contributed by atoms with Crippen molar-refractivity contribution in [3.63, 3.8) is 0 Å². The molecule has 1 fully saturated rings. The highest BCUT2D eigenvalue weighted by atomic mass is 32.2. The number of aliphatic carboxylic acids is 1. The normalized spacial score (nSPS) is 22.9. The minimum Gasteiger partial charge on any atom is -0.480 e. The van der Waals surface area contributed by atoms with Crippen molar-refractivity contribution < 1.29 is 18.3 Å². The van der Waals surface area contributed by atoms with E-state index in [9.17, 15) is 13.2 Å². The Morgan fingerprint density at radius 1 is 1.56 bits per heavy atom. The number of carboxylic acid groups (broad SMARTS) is 1. The van der Waals surface area contributed by atoms with Crippen molar-refractivity contribution in [1.29, 1.82) is 0 Å². The van der Waals surface area contributed by atoms with Gasteiger partial charge in [0.05, 0.1) is 0 Å². The monoisotopic (exact) mass is 278 g/mol. The number of carbonyl (C=O) groups is 1. The summed E-state index contributed by atoms with van der Waals surface area (Å²) in [4.78, 5) is 10.9. The molecule has 0 aromatic heterocycles. The van der Waals surface area contributed by atoms with Gasteiger partial charge in [0.1, 0.15) is 0 Å². The van der Waals surface area contributed by atoms with E-state index in [2.05, 4.69) is 5.32 Å². The van der Waals surface area contributed by atoms with Gasteiger partial charge in [-0.15, -0.1) is 0 Å². The van der Waals surface area contributed by atoms with Gasteiger partial charge in [0.2, 0.25) is 10.0 Å². The van der Waals surface area contributed by atoms with Crippen LogP contribution in [0, 0.1) is 0 Å². The minimum atomic E-state index is -3.77. The highest BCUT2D eigenvalue weighted by Gasteiger charge is 2.37. The van der Waals surface area contributed by atoms with Crippen molar-refractivity contribution in [3.05, 3.63) is 0 Å². The van der Waals surface area contributed by atoms with Crippen LogP contribution >= 0.6 is 0 Å². The minimum absolute atomic E-state index is 0.120. The Kier molecular flexibility index (Phi) is 5.55. The molecule has 7 heteroatoms. The lowest BCUT2D eigenvalue weighted by atomic mass is 10.1. The third kappa shape index (κ3) is 3.43. The molecular formula is C11H22N2O4S. The molecule has 1 heterocycles. The first-order chi connectivity index (χ1) is 8.41. The molecule has 0 spiro atoms. The van der Waals surface area contributed by atoms with Crippen molar-refractivity contribution >= 4 is 16.0 Å². The summed E-state index contributed by atoms with van der Waals surface area (Å²) in [6.45, 7) is 5.00. The average Bonchev–Trinajstić information content (AvgIpc) is 2.35. The highest BCUT2D eigenvalue weighted by Crippen LogP contribution is 2.19. The van der Waals surface area contributed by atoms with Crippen LogP contribution in [-0.4, -0.2) is 54.7 Å². The molecule has 0 aliphatic carbocycles. The second kappa shape index (κ2) is 6.49. The molecule has 0 amide bonds. The van der Waals surface area contributed by atoms with Gasteiger partial charge in [-0.3, -0.25) is 4.79 Å². The molecule has 0 saturated carbocycles. The van der Waals surface area contributed by atoms with Crippen molar-refractivity contribution in [2.24, 2.45) is 0 Å². The van der Waals surface area contributed by atoms with Gasteiger partial charge in [-0.25, -0.2) is 8.42 Å². The molecular weight excluding hydrogens is 256 g/mol. The molecule has 106 valence electrons. The highest BCUT2D eigenvalue weighted by molar-refractivity contribution is 7.90. The van der Waals surface area contributed by atoms with Gasteiger partial charge in [0.15, 0.2) is 5.25 Å². The van der Waals surface area contributed by atoms with Crippen molar-refractivity contribution in [1.82, 2.24) is 9.62 Å². The number of hydrogen-bond acceptors (Lipinski definition) is 4. The van der Waals surface area contributed by atoms with E-state index in [1.807, 2.05) is 6.92 Å². The van der Waals surface area contributed by atoms with Gasteiger partial charge in [-0.05, 0) is 32.7 Å². The number of carboxylic acids is 1. The number of rotatable bonds is 6. The van der Waals surface area contributed by atoms with E-state index in [0.29, 0.717) is 19.5 Å². The van der Waals surface area contributed by atoms with Gasteiger partial charge in [-0.1, -0.05) is 6.92 Å². The Labute approximate surface area is 108 Å². The number of sulfonamides is 1. The topological polar surface area (TPSA) is 86.7 Å².